The van der Waals surface area contributed by atoms with Crippen LogP contribution in [0.1, 0.15) is 12.6 Å². The predicted molar refractivity (Wildman–Crippen MR) is 119 cm³/mol. The molecule has 2 aromatic heterocycles. The van der Waals surface area contributed by atoms with E-state index in [2.05, 4.69) is 20.5 Å². The lowest BCUT2D eigenvalue weighted by Gasteiger charge is -2.10. The summed E-state index contributed by atoms with van der Waals surface area (Å²) >= 11 is 2.95. The number of methoxy groups -OCH3 is 1. The second kappa shape index (κ2) is 9.10. The van der Waals surface area contributed by atoms with Gasteiger partial charge in [0.05, 0.1) is 12.8 Å². The van der Waals surface area contributed by atoms with E-state index in [-0.39, 0.29) is 5.91 Å². The van der Waals surface area contributed by atoms with E-state index in [4.69, 9.17) is 4.74 Å². The van der Waals surface area contributed by atoms with Crippen molar-refractivity contribution in [3.8, 4) is 22.8 Å². The lowest BCUT2D eigenvalue weighted by Crippen LogP contribution is -2.05. The molecule has 2 heterocycles. The molecule has 30 heavy (non-hydrogen) atoms. The molecule has 4 aromatic rings. The topological polar surface area (TPSA) is 81.9 Å². The SMILES string of the molecule is COc1ccc(-c2nnc(SCc3csc(NC(C)=O)n3)n2-c2ccccc2)cc1. The normalized spacial score (nSPS) is 10.7. The molecule has 0 saturated carbocycles. The summed E-state index contributed by atoms with van der Waals surface area (Å²) < 4.78 is 7.29. The molecule has 0 saturated heterocycles. The highest BCUT2D eigenvalue weighted by atomic mass is 32.2. The molecular formula is C21H19N5O2S2. The van der Waals surface area contributed by atoms with E-state index in [1.807, 2.05) is 64.5 Å². The maximum atomic E-state index is 11.2. The first-order valence-corrected chi connectivity index (χ1v) is 11.0. The van der Waals surface area contributed by atoms with Gasteiger partial charge in [0, 0.05) is 29.3 Å². The van der Waals surface area contributed by atoms with Crippen LogP contribution in [-0.4, -0.2) is 32.8 Å². The number of nitrogens with one attached hydrogen (secondary N) is 1. The number of amides is 1. The van der Waals surface area contributed by atoms with Crippen molar-refractivity contribution in [1.82, 2.24) is 19.7 Å². The molecule has 152 valence electrons. The van der Waals surface area contributed by atoms with E-state index in [9.17, 15) is 4.79 Å². The molecule has 4 rings (SSSR count). The van der Waals surface area contributed by atoms with Crippen molar-refractivity contribution in [2.24, 2.45) is 0 Å². The standard InChI is InChI=1S/C21H19N5O2S2/c1-14(27)22-20-23-16(12-29-20)13-30-21-25-24-19(15-8-10-18(28-2)11-9-15)26(21)17-6-4-3-5-7-17/h3-12H,13H2,1-2H3,(H,22,23,27). The summed E-state index contributed by atoms with van der Waals surface area (Å²) in [5, 5.41) is 14.9. The Labute approximate surface area is 182 Å². The Morgan fingerprint density at radius 1 is 1.13 bits per heavy atom. The van der Waals surface area contributed by atoms with Crippen molar-refractivity contribution in [3.63, 3.8) is 0 Å². The molecule has 1 amide bonds. The number of nitrogens with zero attached hydrogens (tertiary/aromatic N) is 4. The Balaban J connectivity index is 1.63. The van der Waals surface area contributed by atoms with Crippen LogP contribution >= 0.6 is 23.1 Å². The third-order valence-corrected chi connectivity index (χ3v) is 5.95. The first kappa shape index (κ1) is 20.1. The van der Waals surface area contributed by atoms with Gasteiger partial charge in [-0.2, -0.15) is 0 Å². The first-order chi connectivity index (χ1) is 14.6. The number of anilines is 1. The van der Waals surface area contributed by atoms with Gasteiger partial charge in [-0.3, -0.25) is 9.36 Å². The molecule has 0 fully saturated rings. The number of thioether (sulfide) groups is 1. The number of carbonyl (C=O) groups is 1. The van der Waals surface area contributed by atoms with E-state index in [0.29, 0.717) is 10.9 Å². The largest absolute Gasteiger partial charge is 0.497 e. The molecular weight excluding hydrogens is 418 g/mol. The van der Waals surface area contributed by atoms with E-state index in [0.717, 1.165) is 33.7 Å². The molecule has 7 nitrogen and oxygen atoms in total. The van der Waals surface area contributed by atoms with Crippen LogP contribution in [-0.2, 0) is 10.5 Å². The van der Waals surface area contributed by atoms with Gasteiger partial charge in [0.1, 0.15) is 5.75 Å². The highest BCUT2D eigenvalue weighted by molar-refractivity contribution is 7.98. The number of rotatable bonds is 7. The third-order valence-electron chi connectivity index (χ3n) is 4.18. The summed E-state index contributed by atoms with van der Waals surface area (Å²) in [5.41, 5.74) is 2.80. The Kier molecular flexibility index (Phi) is 6.10. The fourth-order valence-corrected chi connectivity index (χ4v) is 4.53. The predicted octanol–water partition coefficient (Wildman–Crippen LogP) is 4.65. The minimum Gasteiger partial charge on any atom is -0.497 e. The molecule has 0 spiro atoms. The van der Waals surface area contributed by atoms with Gasteiger partial charge in [-0.15, -0.1) is 21.5 Å². The summed E-state index contributed by atoms with van der Waals surface area (Å²) in [6, 6.07) is 17.8. The summed E-state index contributed by atoms with van der Waals surface area (Å²) in [6.45, 7) is 1.47. The van der Waals surface area contributed by atoms with Crippen LogP contribution in [0.15, 0.2) is 65.1 Å². The number of carbonyl (C=O) groups excluding carboxylic acids is 1. The average molecular weight is 438 g/mol. The summed E-state index contributed by atoms with van der Waals surface area (Å²) in [6.07, 6.45) is 0. The van der Waals surface area contributed by atoms with Crippen molar-refractivity contribution in [3.05, 3.63) is 65.7 Å². The number of benzene rings is 2. The minimum atomic E-state index is -0.128. The molecule has 0 aliphatic carbocycles. The first-order valence-electron chi connectivity index (χ1n) is 9.14. The van der Waals surface area contributed by atoms with Crippen LogP contribution in [0.25, 0.3) is 17.1 Å². The summed E-state index contributed by atoms with van der Waals surface area (Å²) in [7, 11) is 1.64. The number of aromatic nitrogens is 4. The van der Waals surface area contributed by atoms with Crippen molar-refractivity contribution in [1.29, 1.82) is 0 Å². The second-order valence-corrected chi connectivity index (χ2v) is 8.12. The molecule has 2 aromatic carbocycles. The summed E-state index contributed by atoms with van der Waals surface area (Å²) in [5.74, 6) is 2.03. The number of hydrogen-bond acceptors (Lipinski definition) is 7. The third kappa shape index (κ3) is 4.52. The minimum absolute atomic E-state index is 0.128. The molecule has 0 bridgehead atoms. The maximum absolute atomic E-state index is 11.2. The Morgan fingerprint density at radius 2 is 1.90 bits per heavy atom. The van der Waals surface area contributed by atoms with Crippen molar-refractivity contribution < 1.29 is 9.53 Å². The molecule has 0 atom stereocenters. The summed E-state index contributed by atoms with van der Waals surface area (Å²) in [4.78, 5) is 15.6. The lowest BCUT2D eigenvalue weighted by atomic mass is 10.2. The lowest BCUT2D eigenvalue weighted by molar-refractivity contribution is -0.114. The van der Waals surface area contributed by atoms with Gasteiger partial charge in [-0.25, -0.2) is 4.98 Å². The Hall–Kier alpha value is -3.17. The van der Waals surface area contributed by atoms with Gasteiger partial charge in [0.15, 0.2) is 16.1 Å². The highest BCUT2D eigenvalue weighted by Gasteiger charge is 2.17. The average Bonchev–Trinajstić information content (AvgIpc) is 3.39. The highest BCUT2D eigenvalue weighted by Crippen LogP contribution is 2.31. The van der Waals surface area contributed by atoms with Crippen LogP contribution in [0.2, 0.25) is 0 Å². The van der Waals surface area contributed by atoms with Crippen LogP contribution in [0, 0.1) is 0 Å². The van der Waals surface area contributed by atoms with E-state index in [1.54, 1.807) is 18.9 Å². The van der Waals surface area contributed by atoms with Crippen molar-refractivity contribution in [2.45, 2.75) is 17.8 Å². The number of hydrogen-bond donors (Lipinski definition) is 1. The van der Waals surface area contributed by atoms with Crippen LogP contribution in [0.5, 0.6) is 5.75 Å². The zero-order chi connectivity index (χ0) is 20.9. The molecule has 0 aliphatic heterocycles. The smallest absolute Gasteiger partial charge is 0.223 e. The van der Waals surface area contributed by atoms with Gasteiger partial charge in [0.25, 0.3) is 0 Å². The van der Waals surface area contributed by atoms with Crippen LogP contribution in [0.4, 0.5) is 5.13 Å². The zero-order valence-electron chi connectivity index (χ0n) is 16.4. The Bertz CT molecular complexity index is 1140. The van der Waals surface area contributed by atoms with Crippen molar-refractivity contribution >= 4 is 34.1 Å². The zero-order valence-corrected chi connectivity index (χ0v) is 18.0. The maximum Gasteiger partial charge on any atom is 0.223 e. The van der Waals surface area contributed by atoms with Crippen molar-refractivity contribution in [2.75, 3.05) is 12.4 Å². The van der Waals surface area contributed by atoms with E-state index in [1.165, 1.54) is 18.3 Å². The second-order valence-electron chi connectivity index (χ2n) is 6.32. The van der Waals surface area contributed by atoms with Crippen LogP contribution < -0.4 is 10.1 Å². The molecule has 9 heteroatoms. The monoisotopic (exact) mass is 437 g/mol. The van der Waals surface area contributed by atoms with E-state index < -0.39 is 0 Å². The van der Waals surface area contributed by atoms with Gasteiger partial charge in [0.2, 0.25) is 5.91 Å². The van der Waals surface area contributed by atoms with Gasteiger partial charge >= 0.3 is 0 Å². The Morgan fingerprint density at radius 3 is 2.60 bits per heavy atom. The van der Waals surface area contributed by atoms with Crippen LogP contribution in [0.3, 0.4) is 0 Å². The van der Waals surface area contributed by atoms with Gasteiger partial charge < -0.3 is 10.1 Å². The molecule has 0 unspecified atom stereocenters. The molecule has 0 radical (unpaired) electrons. The quantitative estimate of drug-likeness (QED) is 0.424. The fraction of sp³-hybridized carbons (Fsp3) is 0.143. The fourth-order valence-electron chi connectivity index (χ4n) is 2.82. The molecule has 0 aliphatic rings. The molecule has 1 N–H and O–H groups in total. The number of ether oxygens (including phenoxy) is 1. The number of thiazole rings is 1. The van der Waals surface area contributed by atoms with Gasteiger partial charge in [-0.05, 0) is 36.4 Å². The van der Waals surface area contributed by atoms with E-state index >= 15 is 0 Å². The van der Waals surface area contributed by atoms with Gasteiger partial charge in [-0.1, -0.05) is 30.0 Å². The number of para-hydroxylation sites is 1.